The number of pyridine rings is 1. The summed E-state index contributed by atoms with van der Waals surface area (Å²) in [5.41, 5.74) is 9.72. The minimum Gasteiger partial charge on any atom is -0.333 e. The van der Waals surface area contributed by atoms with E-state index < -0.39 is 6.85 Å². The van der Waals surface area contributed by atoms with E-state index in [1.807, 2.05) is 42.5 Å². The maximum atomic E-state index is 6.97. The zero-order valence-electron chi connectivity index (χ0n) is 30.2. The van der Waals surface area contributed by atoms with Crippen LogP contribution in [0.25, 0.3) is 39.2 Å². The Morgan fingerprint density at radius 1 is 0.681 bits per heavy atom. The number of fused-ring (bicyclic) bond motifs is 1. The van der Waals surface area contributed by atoms with Crippen LogP contribution in [0.3, 0.4) is 0 Å². The van der Waals surface area contributed by atoms with Crippen LogP contribution in [0, 0.1) is 19.0 Å². The normalized spacial score (nSPS) is 11.7. The topological polar surface area (TPSA) is 30.7 Å². The van der Waals surface area contributed by atoms with Crippen molar-refractivity contribution < 1.29 is 24.2 Å². The summed E-state index contributed by atoms with van der Waals surface area (Å²) in [6.45, 7) is 7.05. The summed E-state index contributed by atoms with van der Waals surface area (Å²) < 4.78 is 23.3. The molecule has 7 rings (SSSR count). The summed E-state index contributed by atoms with van der Waals surface area (Å²) in [4.78, 5) is 8.87. The van der Waals surface area contributed by atoms with Gasteiger partial charge in [0, 0.05) is 42.3 Å². The van der Waals surface area contributed by atoms with E-state index in [-0.39, 0.29) is 25.7 Å². The maximum Gasteiger partial charge on any atom is 0.0780 e. The van der Waals surface area contributed by atoms with Gasteiger partial charge in [-0.3, -0.25) is 9.97 Å². The summed E-state index contributed by atoms with van der Waals surface area (Å²) in [5.74, 6) is 1.73. The standard InChI is InChI=1S/C31H29N2.C6H7N.C6H5.Ir/c1-21(2)26-16-11-17-27(22(3)4)30(26)33-29-19-18-25(23-12-7-5-8-13-23)20-28(29)32-31(33)24-14-9-6-10-15-24;1-6-3-2-4-7-5-6;1-2-4-6-5-3-1;/h5-14,16-22H,1-4H3;2-5H,1H3;1-5H;/q-1;;-1;/i;1D3;;. The first-order valence-corrected chi connectivity index (χ1v) is 15.6. The molecule has 0 fully saturated rings. The minimum absolute atomic E-state index is 0. The molecular weight excluding hydrogens is 751 g/mol. The van der Waals surface area contributed by atoms with E-state index in [9.17, 15) is 0 Å². The van der Waals surface area contributed by atoms with E-state index in [4.69, 9.17) is 9.10 Å². The molecule has 0 bridgehead atoms. The van der Waals surface area contributed by atoms with Gasteiger partial charge in [0.15, 0.2) is 0 Å². The summed E-state index contributed by atoms with van der Waals surface area (Å²) in [5, 5.41) is 0. The third-order valence-electron chi connectivity index (χ3n) is 7.55. The van der Waals surface area contributed by atoms with Gasteiger partial charge >= 0.3 is 0 Å². The third kappa shape index (κ3) is 9.01. The zero-order chi connectivity index (χ0) is 34.8. The molecule has 0 atom stereocenters. The molecule has 3 nitrogen and oxygen atoms in total. The molecule has 0 saturated carbocycles. The first-order chi connectivity index (χ1) is 23.6. The van der Waals surface area contributed by atoms with Gasteiger partial charge in [-0.25, -0.2) is 0 Å². The first kappa shape index (κ1) is 31.0. The predicted octanol–water partition coefficient (Wildman–Crippen LogP) is 11.3. The number of aryl methyl sites for hydroxylation is 1. The fraction of sp³-hybridized carbons (Fsp3) is 0.163. The SMILES string of the molecule is CC(C)c1cccc(C(C)C)c1-n1c(-c2[c-]cccc2)nc2cc(-c3ccccc3)ccc21.[2H]C([2H])([2H])c1cccnc1.[Ir].[c-]1ccccc1. The van der Waals surface area contributed by atoms with Crippen LogP contribution in [-0.2, 0) is 20.1 Å². The summed E-state index contributed by atoms with van der Waals surface area (Å²) >= 11 is 0. The van der Waals surface area contributed by atoms with Gasteiger partial charge in [0.25, 0.3) is 0 Å². The molecule has 0 amide bonds. The van der Waals surface area contributed by atoms with Crippen LogP contribution in [0.4, 0.5) is 0 Å². The van der Waals surface area contributed by atoms with Crippen LogP contribution < -0.4 is 0 Å². The second-order valence-electron chi connectivity index (χ2n) is 11.5. The van der Waals surface area contributed by atoms with Gasteiger partial charge in [-0.15, -0.1) is 35.9 Å². The number of hydrogen-bond donors (Lipinski definition) is 0. The van der Waals surface area contributed by atoms with Gasteiger partial charge < -0.3 is 4.57 Å². The van der Waals surface area contributed by atoms with Crippen LogP contribution in [-0.4, -0.2) is 14.5 Å². The van der Waals surface area contributed by atoms with Crippen LogP contribution in [0.5, 0.6) is 0 Å². The van der Waals surface area contributed by atoms with Crippen LogP contribution in [0.2, 0.25) is 0 Å². The van der Waals surface area contributed by atoms with Crippen LogP contribution in [0.1, 0.15) is 60.3 Å². The molecule has 1 radical (unpaired) electrons. The van der Waals surface area contributed by atoms with Crippen LogP contribution >= 0.6 is 0 Å². The molecule has 239 valence electrons. The van der Waals surface area contributed by atoms with E-state index in [1.54, 1.807) is 18.3 Å². The summed E-state index contributed by atoms with van der Waals surface area (Å²) in [7, 11) is 0. The number of aromatic nitrogens is 3. The van der Waals surface area contributed by atoms with E-state index in [0.717, 1.165) is 22.4 Å². The molecule has 0 aliphatic rings. The second kappa shape index (κ2) is 17.3. The Morgan fingerprint density at radius 3 is 1.89 bits per heavy atom. The molecule has 0 saturated heterocycles. The molecular formula is C43H41IrN3-2. The third-order valence-corrected chi connectivity index (χ3v) is 7.55. The van der Waals surface area contributed by atoms with Crippen molar-refractivity contribution in [2.45, 2.75) is 46.4 Å². The minimum atomic E-state index is -2.02. The van der Waals surface area contributed by atoms with Crippen molar-refractivity contribution in [3.63, 3.8) is 0 Å². The smallest absolute Gasteiger partial charge is 0.0780 e. The largest absolute Gasteiger partial charge is 0.333 e. The van der Waals surface area contributed by atoms with Gasteiger partial charge in [0.2, 0.25) is 0 Å². The fourth-order valence-electron chi connectivity index (χ4n) is 5.30. The molecule has 0 aliphatic heterocycles. The summed E-state index contributed by atoms with van der Waals surface area (Å²) in [6.07, 6.45) is 2.90. The predicted molar refractivity (Wildman–Crippen MR) is 193 cm³/mol. The molecule has 2 heterocycles. The molecule has 0 spiro atoms. The van der Waals surface area contributed by atoms with Gasteiger partial charge in [-0.1, -0.05) is 88.4 Å². The van der Waals surface area contributed by atoms with Crippen molar-refractivity contribution in [1.29, 1.82) is 0 Å². The Hall–Kier alpha value is -4.63. The molecule has 5 aromatic carbocycles. The molecule has 0 unspecified atom stereocenters. The van der Waals surface area contributed by atoms with Crippen LogP contribution in [0.15, 0.2) is 146 Å². The summed E-state index contributed by atoms with van der Waals surface area (Å²) in [6, 6.07) is 51.1. The first-order valence-electron chi connectivity index (χ1n) is 17.1. The molecule has 0 aliphatic carbocycles. The number of imidazole rings is 1. The Kier molecular flexibility index (Phi) is 11.4. The van der Waals surface area contributed by atoms with Gasteiger partial charge in [-0.2, -0.15) is 36.4 Å². The number of benzene rings is 5. The molecule has 7 aromatic rings. The van der Waals surface area contributed by atoms with E-state index in [2.05, 4.69) is 128 Å². The number of nitrogens with zero attached hydrogens (tertiary/aromatic N) is 3. The zero-order valence-corrected chi connectivity index (χ0v) is 29.6. The van der Waals surface area contributed by atoms with Crippen molar-refractivity contribution in [1.82, 2.24) is 14.5 Å². The molecule has 0 N–H and O–H groups in total. The quantitative estimate of drug-likeness (QED) is 0.163. The molecule has 4 heteroatoms. The maximum absolute atomic E-state index is 6.97. The fourth-order valence-corrected chi connectivity index (χ4v) is 5.30. The van der Waals surface area contributed by atoms with Crippen molar-refractivity contribution in [3.8, 4) is 28.2 Å². The van der Waals surface area contributed by atoms with Crippen molar-refractivity contribution in [3.05, 3.63) is 175 Å². The van der Waals surface area contributed by atoms with Gasteiger partial charge in [-0.05, 0) is 64.7 Å². The number of para-hydroxylation sites is 1. The molecule has 47 heavy (non-hydrogen) atoms. The van der Waals surface area contributed by atoms with Crippen molar-refractivity contribution in [2.75, 3.05) is 0 Å². The second-order valence-corrected chi connectivity index (χ2v) is 11.5. The van der Waals surface area contributed by atoms with E-state index in [1.165, 1.54) is 34.1 Å². The van der Waals surface area contributed by atoms with Crippen molar-refractivity contribution in [2.24, 2.45) is 0 Å². The number of hydrogen-bond acceptors (Lipinski definition) is 2. The Morgan fingerprint density at radius 2 is 1.36 bits per heavy atom. The Bertz CT molecular complexity index is 1990. The van der Waals surface area contributed by atoms with Gasteiger partial charge in [0.1, 0.15) is 0 Å². The average molecular weight is 795 g/mol. The Balaban J connectivity index is 0.000000272. The van der Waals surface area contributed by atoms with E-state index >= 15 is 0 Å². The average Bonchev–Trinajstić information content (AvgIpc) is 3.52. The van der Waals surface area contributed by atoms with Gasteiger partial charge in [0.05, 0.1) is 16.9 Å². The molecule has 2 aromatic heterocycles. The van der Waals surface area contributed by atoms with Crippen molar-refractivity contribution >= 4 is 11.0 Å². The Labute approximate surface area is 298 Å². The number of rotatable bonds is 5. The van der Waals surface area contributed by atoms with E-state index in [0.29, 0.717) is 11.8 Å². The monoisotopic (exact) mass is 795 g/mol.